The van der Waals surface area contributed by atoms with E-state index in [9.17, 15) is 14.5 Å². The first-order valence-electron chi connectivity index (χ1n) is 6.13. The Hall–Kier alpha value is -2.44. The molecule has 108 valence electrons. The number of amides is 2. The number of carbonyl (C=O) groups is 2. The van der Waals surface area contributed by atoms with Crippen LogP contribution in [0.3, 0.4) is 0 Å². The van der Waals surface area contributed by atoms with Crippen LogP contribution < -0.4 is 10.6 Å². The standard InChI is InChI=1S/C13H17N3O4/c1-9(2)20-12(17)8-14-13(18)16-11-5-3-10(4-6-11)7-15-19/h3-6,9H,7-8H2,1-2H3,(H2,14,16,18). The molecule has 7 heteroatoms. The molecule has 0 unspecified atom stereocenters. The first-order chi connectivity index (χ1) is 9.51. The Bertz CT molecular complexity index is 471. The molecule has 0 heterocycles. The van der Waals surface area contributed by atoms with E-state index in [1.807, 2.05) is 0 Å². The van der Waals surface area contributed by atoms with E-state index in [-0.39, 0.29) is 19.2 Å². The maximum Gasteiger partial charge on any atom is 0.325 e. The molecule has 1 rings (SSSR count). The van der Waals surface area contributed by atoms with Crippen molar-refractivity contribution >= 4 is 17.7 Å². The fourth-order valence-electron chi connectivity index (χ4n) is 1.40. The van der Waals surface area contributed by atoms with Crippen LogP contribution in [0, 0.1) is 4.91 Å². The summed E-state index contributed by atoms with van der Waals surface area (Å²) in [7, 11) is 0. The SMILES string of the molecule is CC(C)OC(=O)CNC(=O)Nc1ccc(CN=O)cc1. The highest BCUT2D eigenvalue weighted by atomic mass is 16.5. The fraction of sp³-hybridized carbons (Fsp3) is 0.385. The molecule has 2 amide bonds. The van der Waals surface area contributed by atoms with Crippen molar-refractivity contribution in [3.05, 3.63) is 34.7 Å². The minimum atomic E-state index is -0.507. The molecule has 0 bridgehead atoms. The van der Waals surface area contributed by atoms with Crippen LogP contribution in [-0.2, 0) is 16.1 Å². The molecule has 7 nitrogen and oxygen atoms in total. The van der Waals surface area contributed by atoms with E-state index in [0.29, 0.717) is 5.69 Å². The van der Waals surface area contributed by atoms with Crippen molar-refractivity contribution in [1.82, 2.24) is 5.32 Å². The molecule has 20 heavy (non-hydrogen) atoms. The van der Waals surface area contributed by atoms with E-state index >= 15 is 0 Å². The maximum absolute atomic E-state index is 11.5. The summed E-state index contributed by atoms with van der Waals surface area (Å²) in [5, 5.41) is 7.70. The molecule has 1 aromatic carbocycles. The van der Waals surface area contributed by atoms with Gasteiger partial charge in [-0.3, -0.25) is 4.79 Å². The van der Waals surface area contributed by atoms with Crippen molar-refractivity contribution in [2.45, 2.75) is 26.5 Å². The zero-order valence-electron chi connectivity index (χ0n) is 11.4. The van der Waals surface area contributed by atoms with Gasteiger partial charge in [0.25, 0.3) is 0 Å². The number of anilines is 1. The molecule has 0 aliphatic rings. The third kappa shape index (κ3) is 5.94. The maximum atomic E-state index is 11.5. The minimum absolute atomic E-state index is 0.0908. The third-order valence-corrected chi connectivity index (χ3v) is 2.22. The van der Waals surface area contributed by atoms with E-state index in [4.69, 9.17) is 4.74 Å². The molecule has 0 aliphatic carbocycles. The molecule has 0 fully saturated rings. The van der Waals surface area contributed by atoms with Gasteiger partial charge in [-0.25, -0.2) is 4.79 Å². The molecule has 1 aromatic rings. The molecule has 0 aliphatic heterocycles. The van der Waals surface area contributed by atoms with Crippen LogP contribution in [0.5, 0.6) is 0 Å². The number of nitroso groups, excluding NO2 is 1. The Kier molecular flexibility index (Phi) is 6.15. The van der Waals surface area contributed by atoms with E-state index < -0.39 is 12.0 Å². The molecule has 0 saturated carbocycles. The summed E-state index contributed by atoms with van der Waals surface area (Å²) in [6.45, 7) is 3.35. The number of urea groups is 1. The lowest BCUT2D eigenvalue weighted by Crippen LogP contribution is -2.34. The van der Waals surface area contributed by atoms with Crippen LogP contribution in [0.1, 0.15) is 19.4 Å². The van der Waals surface area contributed by atoms with Gasteiger partial charge in [-0.1, -0.05) is 17.3 Å². The topological polar surface area (TPSA) is 96.9 Å². The van der Waals surface area contributed by atoms with Crippen LogP contribution >= 0.6 is 0 Å². The molecular formula is C13H17N3O4. The smallest absolute Gasteiger partial charge is 0.325 e. The highest BCUT2D eigenvalue weighted by Gasteiger charge is 2.08. The number of hydrogen-bond acceptors (Lipinski definition) is 5. The summed E-state index contributed by atoms with van der Waals surface area (Å²) in [6, 6.07) is 6.15. The zero-order chi connectivity index (χ0) is 15.0. The van der Waals surface area contributed by atoms with Gasteiger partial charge in [0, 0.05) is 5.69 Å². The predicted octanol–water partition coefficient (Wildman–Crippen LogP) is 2.03. The quantitative estimate of drug-likeness (QED) is 0.615. The summed E-state index contributed by atoms with van der Waals surface area (Å²) in [5.74, 6) is -0.498. The van der Waals surface area contributed by atoms with Crippen molar-refractivity contribution in [2.24, 2.45) is 5.18 Å². The molecule has 0 spiro atoms. The largest absolute Gasteiger partial charge is 0.462 e. The predicted molar refractivity (Wildman–Crippen MR) is 74.2 cm³/mol. The van der Waals surface area contributed by atoms with Gasteiger partial charge in [0.15, 0.2) is 0 Å². The Morgan fingerprint density at radius 1 is 1.25 bits per heavy atom. The first-order valence-corrected chi connectivity index (χ1v) is 6.13. The molecule has 0 radical (unpaired) electrons. The second kappa shape index (κ2) is 7.88. The first kappa shape index (κ1) is 15.6. The molecule has 2 N–H and O–H groups in total. The van der Waals surface area contributed by atoms with Crippen LogP contribution in [0.2, 0.25) is 0 Å². The summed E-state index contributed by atoms with van der Waals surface area (Å²) in [5.41, 5.74) is 1.31. The van der Waals surface area contributed by atoms with E-state index in [1.165, 1.54) is 0 Å². The van der Waals surface area contributed by atoms with Crippen molar-refractivity contribution in [1.29, 1.82) is 0 Å². The Morgan fingerprint density at radius 3 is 2.45 bits per heavy atom. The number of benzene rings is 1. The number of esters is 1. The fourth-order valence-corrected chi connectivity index (χ4v) is 1.40. The van der Waals surface area contributed by atoms with Crippen LogP contribution in [-0.4, -0.2) is 24.6 Å². The van der Waals surface area contributed by atoms with Crippen LogP contribution in [0.25, 0.3) is 0 Å². The van der Waals surface area contributed by atoms with E-state index in [1.54, 1.807) is 38.1 Å². The highest BCUT2D eigenvalue weighted by molar-refractivity contribution is 5.91. The molecule has 0 atom stereocenters. The summed E-state index contributed by atoms with van der Waals surface area (Å²) < 4.78 is 4.87. The second-order valence-corrected chi connectivity index (χ2v) is 4.33. The Labute approximate surface area is 116 Å². The van der Waals surface area contributed by atoms with Gasteiger partial charge < -0.3 is 15.4 Å². The second-order valence-electron chi connectivity index (χ2n) is 4.33. The van der Waals surface area contributed by atoms with Gasteiger partial charge in [0.05, 0.1) is 6.10 Å². The lowest BCUT2D eigenvalue weighted by molar-refractivity contribution is -0.146. The number of hydrogen-bond donors (Lipinski definition) is 2. The molecular weight excluding hydrogens is 262 g/mol. The van der Waals surface area contributed by atoms with Crippen molar-refractivity contribution in [2.75, 3.05) is 11.9 Å². The number of rotatable bonds is 6. The van der Waals surface area contributed by atoms with Gasteiger partial charge in [0.1, 0.15) is 13.1 Å². The zero-order valence-corrected chi connectivity index (χ0v) is 11.4. The summed E-state index contributed by atoms with van der Waals surface area (Å²) in [6.07, 6.45) is -0.216. The van der Waals surface area contributed by atoms with E-state index in [2.05, 4.69) is 15.8 Å². The van der Waals surface area contributed by atoms with Gasteiger partial charge in [-0.2, -0.15) is 4.91 Å². The van der Waals surface area contributed by atoms with Gasteiger partial charge in [0.2, 0.25) is 0 Å². The van der Waals surface area contributed by atoms with Gasteiger partial charge in [-0.05, 0) is 31.5 Å². The Balaban J connectivity index is 2.38. The van der Waals surface area contributed by atoms with Crippen LogP contribution in [0.15, 0.2) is 29.4 Å². The normalized spacial score (nSPS) is 9.95. The lowest BCUT2D eigenvalue weighted by atomic mass is 10.2. The van der Waals surface area contributed by atoms with Crippen molar-refractivity contribution < 1.29 is 14.3 Å². The third-order valence-electron chi connectivity index (χ3n) is 2.22. The average Bonchev–Trinajstić information content (AvgIpc) is 2.38. The number of carbonyl (C=O) groups excluding carboxylic acids is 2. The Morgan fingerprint density at radius 2 is 1.90 bits per heavy atom. The monoisotopic (exact) mass is 279 g/mol. The minimum Gasteiger partial charge on any atom is -0.462 e. The molecule has 0 aromatic heterocycles. The number of nitrogens with one attached hydrogen (secondary N) is 2. The van der Waals surface area contributed by atoms with Gasteiger partial charge in [-0.15, -0.1) is 0 Å². The summed E-state index contributed by atoms with van der Waals surface area (Å²) in [4.78, 5) is 32.8. The van der Waals surface area contributed by atoms with Crippen LogP contribution in [0.4, 0.5) is 10.5 Å². The number of nitrogens with zero attached hydrogens (tertiary/aromatic N) is 1. The highest BCUT2D eigenvalue weighted by Crippen LogP contribution is 2.10. The summed E-state index contributed by atoms with van der Waals surface area (Å²) >= 11 is 0. The van der Waals surface area contributed by atoms with Gasteiger partial charge >= 0.3 is 12.0 Å². The molecule has 0 saturated heterocycles. The van der Waals surface area contributed by atoms with Crippen molar-refractivity contribution in [3.8, 4) is 0 Å². The lowest BCUT2D eigenvalue weighted by Gasteiger charge is -2.10. The van der Waals surface area contributed by atoms with Crippen molar-refractivity contribution in [3.63, 3.8) is 0 Å². The van der Waals surface area contributed by atoms with E-state index in [0.717, 1.165) is 5.56 Å². The number of ether oxygens (including phenoxy) is 1. The average molecular weight is 279 g/mol.